The number of allylic oxidation sites excluding steroid dienone is 8. The Kier molecular flexibility index (Phi) is 7.89. The van der Waals surface area contributed by atoms with Crippen LogP contribution in [0.3, 0.4) is 0 Å². The molecule has 0 aromatic carbocycles. The van der Waals surface area contributed by atoms with Crippen LogP contribution >= 0.6 is 24.8 Å². The molecule has 0 aromatic heterocycles. The first-order valence-corrected chi connectivity index (χ1v) is 11.4. The molecule has 0 aliphatic heterocycles. The molecule has 0 heterocycles. The molecule has 0 radical (unpaired) electrons. The summed E-state index contributed by atoms with van der Waals surface area (Å²) < 4.78 is 5.31. The summed E-state index contributed by atoms with van der Waals surface area (Å²) in [6.07, 6.45) is 11.9. The first-order valence-electron chi connectivity index (χ1n) is 6.00. The van der Waals surface area contributed by atoms with Crippen molar-refractivity contribution in [1.82, 2.24) is 0 Å². The molecule has 0 spiro atoms. The third-order valence-corrected chi connectivity index (χ3v) is 14.1. The van der Waals surface area contributed by atoms with Crippen molar-refractivity contribution in [3.05, 3.63) is 42.1 Å². The first kappa shape index (κ1) is 18.3. The SMILES string of the molecule is CC1=C(C)C[C]([Hf]([C]2=CC=CC2)=[C](C)C)=C1.Cl.Cl. The summed E-state index contributed by atoms with van der Waals surface area (Å²) >= 11 is -1.77. The van der Waals surface area contributed by atoms with Crippen LogP contribution in [0.15, 0.2) is 42.1 Å². The number of rotatable bonds is 2. The minimum absolute atomic E-state index is 0. The second-order valence-corrected chi connectivity index (χ2v) is 15.9. The predicted molar refractivity (Wildman–Crippen MR) is 83.8 cm³/mol. The first-order chi connectivity index (χ1) is 7.59. The minimum atomic E-state index is -1.77. The van der Waals surface area contributed by atoms with Gasteiger partial charge in [-0.05, 0) is 0 Å². The fourth-order valence-corrected chi connectivity index (χ4v) is 13.6. The van der Waals surface area contributed by atoms with Gasteiger partial charge in [0.05, 0.1) is 0 Å². The van der Waals surface area contributed by atoms with Gasteiger partial charge in [-0.3, -0.25) is 0 Å². The second-order valence-electron chi connectivity index (χ2n) is 5.01. The Hall–Kier alpha value is 0.280. The van der Waals surface area contributed by atoms with Crippen LogP contribution in [-0.4, -0.2) is 3.26 Å². The molecule has 0 saturated heterocycles. The van der Waals surface area contributed by atoms with E-state index in [1.165, 1.54) is 18.4 Å². The number of hydrogen-bond acceptors (Lipinski definition) is 0. The molecule has 3 heteroatoms. The van der Waals surface area contributed by atoms with Crippen LogP contribution in [0.5, 0.6) is 0 Å². The average molecular weight is 452 g/mol. The fraction of sp³-hybridized carbons (Fsp3) is 0.400. The average Bonchev–Trinajstić information content (AvgIpc) is 2.79. The Morgan fingerprint density at radius 3 is 2.17 bits per heavy atom. The molecule has 18 heavy (non-hydrogen) atoms. The standard InChI is InChI=1S/C7H9.C5H5.C3H6.2ClH.Hf/c1-6-4-3-5-7(6)2;1-2-4-5-3-1;1-3-2;;;/h4H,5H2,1-2H3;1-3H,4H2;1-2H3;2*1H;. The van der Waals surface area contributed by atoms with Gasteiger partial charge in [-0.2, -0.15) is 0 Å². The van der Waals surface area contributed by atoms with Crippen LogP contribution in [0.2, 0.25) is 0 Å². The molecule has 0 saturated carbocycles. The quantitative estimate of drug-likeness (QED) is 0.511. The molecule has 2 aliphatic rings. The summed E-state index contributed by atoms with van der Waals surface area (Å²) in [5, 5.41) is 0. The maximum absolute atomic E-state index is 2.49. The van der Waals surface area contributed by atoms with Gasteiger partial charge in [0, 0.05) is 0 Å². The third kappa shape index (κ3) is 3.88. The monoisotopic (exact) mass is 452 g/mol. The number of hydrogen-bond donors (Lipinski definition) is 0. The van der Waals surface area contributed by atoms with Gasteiger partial charge in [0.25, 0.3) is 0 Å². The maximum atomic E-state index is 2.49. The molecule has 100 valence electrons. The molecule has 0 aromatic rings. The van der Waals surface area contributed by atoms with Crippen LogP contribution in [0.4, 0.5) is 0 Å². The molecule has 0 amide bonds. The summed E-state index contributed by atoms with van der Waals surface area (Å²) in [6.45, 7) is 9.25. The summed E-state index contributed by atoms with van der Waals surface area (Å²) in [4.78, 5) is 0. The summed E-state index contributed by atoms with van der Waals surface area (Å²) in [6, 6.07) is 0. The topological polar surface area (TPSA) is 0 Å². The molecular weight excluding hydrogens is 430 g/mol. The zero-order chi connectivity index (χ0) is 11.7. The number of halogens is 2. The van der Waals surface area contributed by atoms with Crippen molar-refractivity contribution in [2.75, 3.05) is 0 Å². The van der Waals surface area contributed by atoms with E-state index >= 15 is 0 Å². The van der Waals surface area contributed by atoms with Gasteiger partial charge in [0.15, 0.2) is 0 Å². The summed E-state index contributed by atoms with van der Waals surface area (Å²) in [7, 11) is 0. The van der Waals surface area contributed by atoms with Crippen molar-refractivity contribution in [2.24, 2.45) is 0 Å². The predicted octanol–water partition coefficient (Wildman–Crippen LogP) is 5.13. The normalized spacial score (nSPS) is 16.9. The largest absolute Gasteiger partial charge is 0.147 e. The zero-order valence-corrected chi connectivity index (χ0v) is 16.8. The molecule has 0 atom stereocenters. The van der Waals surface area contributed by atoms with Gasteiger partial charge in [-0.1, -0.05) is 0 Å². The van der Waals surface area contributed by atoms with Gasteiger partial charge in [0.2, 0.25) is 0 Å². The van der Waals surface area contributed by atoms with Crippen LogP contribution in [-0.2, 0) is 21.0 Å². The van der Waals surface area contributed by atoms with Crippen LogP contribution in [0.1, 0.15) is 40.5 Å². The maximum Gasteiger partial charge on any atom is -0.147 e. The van der Waals surface area contributed by atoms with Gasteiger partial charge >= 0.3 is 107 Å². The van der Waals surface area contributed by atoms with E-state index in [0.717, 1.165) is 0 Å². The molecule has 0 unspecified atom stereocenters. The second kappa shape index (κ2) is 7.77. The van der Waals surface area contributed by atoms with Gasteiger partial charge in [-0.15, -0.1) is 24.8 Å². The summed E-state index contributed by atoms with van der Waals surface area (Å²) in [5.41, 5.74) is 3.11. The van der Waals surface area contributed by atoms with E-state index in [-0.39, 0.29) is 24.8 Å². The Labute approximate surface area is 131 Å². The fourth-order valence-electron chi connectivity index (χ4n) is 2.50. The molecule has 0 N–H and O–H groups in total. The van der Waals surface area contributed by atoms with Crippen molar-refractivity contribution in [2.45, 2.75) is 40.5 Å². The van der Waals surface area contributed by atoms with Crippen molar-refractivity contribution in [1.29, 1.82) is 0 Å². The van der Waals surface area contributed by atoms with Crippen LogP contribution in [0, 0.1) is 0 Å². The smallest absolute Gasteiger partial charge is 0.147 e. The Morgan fingerprint density at radius 2 is 1.78 bits per heavy atom. The molecule has 0 nitrogen and oxygen atoms in total. The van der Waals surface area contributed by atoms with E-state index in [1.807, 2.05) is 0 Å². The van der Waals surface area contributed by atoms with E-state index in [9.17, 15) is 0 Å². The van der Waals surface area contributed by atoms with Gasteiger partial charge in [-0.25, -0.2) is 0 Å². The Bertz CT molecular complexity index is 473. The Balaban J connectivity index is 0.00000144. The van der Waals surface area contributed by atoms with Crippen molar-refractivity contribution in [3.63, 3.8) is 0 Å². The van der Waals surface area contributed by atoms with E-state index < -0.39 is 21.0 Å². The van der Waals surface area contributed by atoms with E-state index in [4.69, 9.17) is 0 Å². The molecule has 2 aliphatic carbocycles. The van der Waals surface area contributed by atoms with Crippen LogP contribution < -0.4 is 0 Å². The molecule has 2 rings (SSSR count). The zero-order valence-electron chi connectivity index (χ0n) is 11.5. The van der Waals surface area contributed by atoms with Gasteiger partial charge in [0.1, 0.15) is 0 Å². The van der Waals surface area contributed by atoms with Crippen molar-refractivity contribution >= 4 is 28.1 Å². The van der Waals surface area contributed by atoms with E-state index in [0.29, 0.717) is 0 Å². The Morgan fingerprint density at radius 1 is 1.11 bits per heavy atom. The van der Waals surface area contributed by atoms with E-state index in [2.05, 4.69) is 52.0 Å². The van der Waals surface area contributed by atoms with Crippen LogP contribution in [0.25, 0.3) is 0 Å². The molecule has 0 bridgehead atoms. The van der Waals surface area contributed by atoms with Crippen molar-refractivity contribution in [3.8, 4) is 0 Å². The van der Waals surface area contributed by atoms with Crippen molar-refractivity contribution < 1.29 is 21.0 Å². The van der Waals surface area contributed by atoms with E-state index in [1.54, 1.807) is 15.5 Å². The molecule has 0 fully saturated rings. The van der Waals surface area contributed by atoms with Gasteiger partial charge < -0.3 is 0 Å². The summed E-state index contributed by atoms with van der Waals surface area (Å²) in [5.74, 6) is 0. The minimum Gasteiger partial charge on any atom is -0.147 e. The third-order valence-electron chi connectivity index (χ3n) is 3.43. The molecular formula is C15H22Cl2Hf.